The highest BCUT2D eigenvalue weighted by Crippen LogP contribution is 2.31. The van der Waals surface area contributed by atoms with Gasteiger partial charge in [-0.15, -0.1) is 11.8 Å². The molecule has 1 aromatic heterocycles. The number of fused-ring (bicyclic) bond motifs is 1. The highest BCUT2D eigenvalue weighted by Gasteiger charge is 2.12. The smallest absolute Gasteiger partial charge is 0.257 e. The quantitative estimate of drug-likeness (QED) is 0.659. The highest BCUT2D eigenvalue weighted by molar-refractivity contribution is 7.98. The van der Waals surface area contributed by atoms with Crippen LogP contribution in [0.5, 0.6) is 0 Å². The minimum absolute atomic E-state index is 0.154. The van der Waals surface area contributed by atoms with E-state index in [-0.39, 0.29) is 5.91 Å². The summed E-state index contributed by atoms with van der Waals surface area (Å²) in [6, 6.07) is 11.3. The molecule has 1 amide bonds. The third-order valence-electron chi connectivity index (χ3n) is 3.30. The minimum atomic E-state index is -0.154. The van der Waals surface area contributed by atoms with E-state index in [1.807, 2.05) is 43.5 Å². The first-order chi connectivity index (χ1) is 10.6. The molecular formula is C16H13ClN2OS2. The molecule has 22 heavy (non-hydrogen) atoms. The summed E-state index contributed by atoms with van der Waals surface area (Å²) in [5.41, 5.74) is 2.40. The number of hydrogen-bond acceptors (Lipinski definition) is 4. The van der Waals surface area contributed by atoms with Crippen molar-refractivity contribution >= 4 is 56.0 Å². The fourth-order valence-electron chi connectivity index (χ4n) is 2.09. The molecule has 6 heteroatoms. The van der Waals surface area contributed by atoms with Gasteiger partial charge in [0.05, 0.1) is 10.2 Å². The summed E-state index contributed by atoms with van der Waals surface area (Å²) in [6.45, 7) is 1.93. The van der Waals surface area contributed by atoms with Crippen molar-refractivity contribution < 1.29 is 4.79 Å². The van der Waals surface area contributed by atoms with Crippen molar-refractivity contribution in [2.45, 2.75) is 11.8 Å². The van der Waals surface area contributed by atoms with E-state index in [1.54, 1.807) is 17.8 Å². The van der Waals surface area contributed by atoms with E-state index in [2.05, 4.69) is 10.3 Å². The Morgan fingerprint density at radius 2 is 2.14 bits per heavy atom. The number of carbonyl (C=O) groups is 1. The number of hydrogen-bond donors (Lipinski definition) is 1. The van der Waals surface area contributed by atoms with Crippen molar-refractivity contribution in [3.8, 4) is 0 Å². The van der Waals surface area contributed by atoms with Crippen LogP contribution in [-0.2, 0) is 0 Å². The van der Waals surface area contributed by atoms with Crippen LogP contribution in [0.25, 0.3) is 10.2 Å². The molecule has 0 spiro atoms. The monoisotopic (exact) mass is 348 g/mol. The van der Waals surface area contributed by atoms with Crippen LogP contribution in [0.15, 0.2) is 41.3 Å². The lowest BCUT2D eigenvalue weighted by molar-refractivity contribution is 0.102. The van der Waals surface area contributed by atoms with Crippen LogP contribution in [0.1, 0.15) is 15.9 Å². The van der Waals surface area contributed by atoms with Gasteiger partial charge in [0, 0.05) is 15.5 Å². The van der Waals surface area contributed by atoms with Gasteiger partial charge in [-0.2, -0.15) is 0 Å². The summed E-state index contributed by atoms with van der Waals surface area (Å²) in [6.07, 6.45) is 1.98. The second kappa shape index (κ2) is 6.28. The second-order valence-corrected chi connectivity index (χ2v) is 7.04. The zero-order chi connectivity index (χ0) is 15.7. The predicted octanol–water partition coefficient (Wildman–Crippen LogP) is 5.23. The Labute approximate surface area is 141 Å². The zero-order valence-corrected chi connectivity index (χ0v) is 14.4. The van der Waals surface area contributed by atoms with Gasteiger partial charge in [-0.05, 0) is 49.1 Å². The molecule has 3 rings (SSSR count). The Morgan fingerprint density at radius 1 is 1.32 bits per heavy atom. The fraction of sp³-hybridized carbons (Fsp3) is 0.125. The lowest BCUT2D eigenvalue weighted by Crippen LogP contribution is -2.11. The Morgan fingerprint density at radius 3 is 2.91 bits per heavy atom. The first-order valence-corrected chi connectivity index (χ1v) is 9.01. The van der Waals surface area contributed by atoms with Crippen molar-refractivity contribution in [1.29, 1.82) is 0 Å². The van der Waals surface area contributed by atoms with Crippen molar-refractivity contribution in [1.82, 2.24) is 4.98 Å². The normalized spacial score (nSPS) is 10.9. The van der Waals surface area contributed by atoms with Crippen LogP contribution in [0.4, 0.5) is 5.13 Å². The van der Waals surface area contributed by atoms with Gasteiger partial charge in [-0.25, -0.2) is 4.98 Å². The Balaban J connectivity index is 1.89. The molecule has 0 aliphatic carbocycles. The van der Waals surface area contributed by atoms with E-state index < -0.39 is 0 Å². The van der Waals surface area contributed by atoms with Gasteiger partial charge in [-0.3, -0.25) is 10.1 Å². The highest BCUT2D eigenvalue weighted by atomic mass is 35.5. The molecule has 1 heterocycles. The maximum absolute atomic E-state index is 12.3. The second-order valence-electron chi connectivity index (χ2n) is 4.72. The van der Waals surface area contributed by atoms with Crippen LogP contribution in [0.3, 0.4) is 0 Å². The van der Waals surface area contributed by atoms with Crippen LogP contribution >= 0.6 is 34.7 Å². The Hall–Kier alpha value is -1.56. The summed E-state index contributed by atoms with van der Waals surface area (Å²) >= 11 is 9.16. The van der Waals surface area contributed by atoms with Gasteiger partial charge in [0.25, 0.3) is 5.91 Å². The van der Waals surface area contributed by atoms with Crippen molar-refractivity contribution in [3.05, 3.63) is 52.5 Å². The molecule has 3 nitrogen and oxygen atoms in total. The number of aryl methyl sites for hydroxylation is 1. The molecule has 0 saturated heterocycles. The minimum Gasteiger partial charge on any atom is -0.298 e. The van der Waals surface area contributed by atoms with E-state index in [0.29, 0.717) is 15.7 Å². The van der Waals surface area contributed by atoms with Crippen LogP contribution < -0.4 is 5.32 Å². The Kier molecular flexibility index (Phi) is 4.38. The maximum Gasteiger partial charge on any atom is 0.257 e. The summed E-state index contributed by atoms with van der Waals surface area (Å²) < 4.78 is 1.01. The topological polar surface area (TPSA) is 42.0 Å². The molecule has 0 saturated carbocycles. The molecular weight excluding hydrogens is 336 g/mol. The van der Waals surface area contributed by atoms with E-state index >= 15 is 0 Å². The molecule has 0 unspecified atom stereocenters. The molecule has 0 fully saturated rings. The molecule has 1 N–H and O–H groups in total. The maximum atomic E-state index is 12.3. The van der Waals surface area contributed by atoms with E-state index in [0.717, 1.165) is 20.7 Å². The molecule has 0 atom stereocenters. The van der Waals surface area contributed by atoms with Gasteiger partial charge >= 0.3 is 0 Å². The van der Waals surface area contributed by atoms with Crippen molar-refractivity contribution in [2.24, 2.45) is 0 Å². The molecule has 2 aromatic carbocycles. The molecule has 112 valence electrons. The summed E-state index contributed by atoms with van der Waals surface area (Å²) in [4.78, 5) is 17.9. The number of nitrogens with one attached hydrogen (secondary N) is 1. The number of amides is 1. The number of nitrogens with zero attached hydrogens (tertiary/aromatic N) is 1. The predicted molar refractivity (Wildman–Crippen MR) is 95.5 cm³/mol. The van der Waals surface area contributed by atoms with E-state index in [4.69, 9.17) is 11.6 Å². The number of benzene rings is 2. The van der Waals surface area contributed by atoms with Gasteiger partial charge in [0.15, 0.2) is 5.13 Å². The molecule has 0 aliphatic rings. The fourth-order valence-corrected chi connectivity index (χ4v) is 3.62. The first kappa shape index (κ1) is 15.3. The van der Waals surface area contributed by atoms with E-state index in [9.17, 15) is 4.79 Å². The summed E-state index contributed by atoms with van der Waals surface area (Å²) in [5, 5.41) is 4.13. The number of rotatable bonds is 3. The average molecular weight is 349 g/mol. The van der Waals surface area contributed by atoms with E-state index in [1.165, 1.54) is 11.3 Å². The van der Waals surface area contributed by atoms with Gasteiger partial charge in [-0.1, -0.05) is 29.0 Å². The third kappa shape index (κ3) is 2.97. The van der Waals surface area contributed by atoms with Gasteiger partial charge in [0.2, 0.25) is 0 Å². The van der Waals surface area contributed by atoms with Crippen molar-refractivity contribution in [2.75, 3.05) is 11.6 Å². The number of anilines is 1. The number of carbonyl (C=O) groups excluding carboxylic acids is 1. The van der Waals surface area contributed by atoms with Crippen molar-refractivity contribution in [3.63, 3.8) is 0 Å². The Bertz CT molecular complexity index is 860. The SMILES string of the molecule is CSc1cccc(C(=O)Nc2nc3c(C)c(Cl)ccc3s2)c1. The lowest BCUT2D eigenvalue weighted by atomic mass is 10.2. The number of halogens is 1. The third-order valence-corrected chi connectivity index (χ3v) is 5.37. The number of thioether (sulfide) groups is 1. The average Bonchev–Trinajstić information content (AvgIpc) is 2.94. The van der Waals surface area contributed by atoms with Gasteiger partial charge < -0.3 is 0 Å². The zero-order valence-electron chi connectivity index (χ0n) is 12.0. The number of thiazole rings is 1. The molecule has 3 aromatic rings. The standard InChI is InChI=1S/C16H13ClN2OS2/c1-9-12(17)6-7-13-14(9)18-16(22-13)19-15(20)10-4-3-5-11(8-10)21-2/h3-8H,1-2H3,(H,18,19,20). The molecule has 0 radical (unpaired) electrons. The van der Waals surface area contributed by atoms with Crippen LogP contribution in [0, 0.1) is 6.92 Å². The van der Waals surface area contributed by atoms with Crippen LogP contribution in [-0.4, -0.2) is 17.1 Å². The largest absolute Gasteiger partial charge is 0.298 e. The number of aromatic nitrogens is 1. The molecule has 0 bridgehead atoms. The molecule has 0 aliphatic heterocycles. The van der Waals surface area contributed by atoms with Gasteiger partial charge in [0.1, 0.15) is 0 Å². The lowest BCUT2D eigenvalue weighted by Gasteiger charge is -2.03. The summed E-state index contributed by atoms with van der Waals surface area (Å²) in [7, 11) is 0. The summed E-state index contributed by atoms with van der Waals surface area (Å²) in [5.74, 6) is -0.154. The first-order valence-electron chi connectivity index (χ1n) is 6.59. The van der Waals surface area contributed by atoms with Crippen LogP contribution in [0.2, 0.25) is 5.02 Å².